The van der Waals surface area contributed by atoms with E-state index in [4.69, 9.17) is 4.74 Å². The van der Waals surface area contributed by atoms with E-state index in [0.717, 1.165) is 51.9 Å². The number of carbonyl (C=O) groups excluding carboxylic acids is 1. The second-order valence-electron chi connectivity index (χ2n) is 7.41. The first kappa shape index (κ1) is 23.9. The van der Waals surface area contributed by atoms with Crippen LogP contribution in [0.5, 0.6) is 0 Å². The van der Waals surface area contributed by atoms with Crippen molar-refractivity contribution in [2.45, 2.75) is 45.6 Å². The number of amides is 1. The fraction of sp³-hybridized carbons (Fsp3) is 0.941. The number of carbonyl (C=O) groups is 1. The van der Waals surface area contributed by atoms with Gasteiger partial charge in [-0.25, -0.2) is 0 Å². The first-order chi connectivity index (χ1) is 10.6. The predicted octanol–water partition coefficient (Wildman–Crippen LogP) is 2.08. The van der Waals surface area contributed by atoms with Crippen LogP contribution in [0.2, 0.25) is 0 Å². The Morgan fingerprint density at radius 3 is 2.33 bits per heavy atom. The third kappa shape index (κ3) is 6.68. The fourth-order valence-electron chi connectivity index (χ4n) is 3.73. The summed E-state index contributed by atoms with van der Waals surface area (Å²) in [5, 5.41) is 6.65. The number of halogens is 2. The Kier molecular flexibility index (Phi) is 11.5. The van der Waals surface area contributed by atoms with Crippen LogP contribution in [0.25, 0.3) is 0 Å². The Bertz CT molecular complexity index is 350. The minimum atomic E-state index is -0.324. The van der Waals surface area contributed by atoms with Gasteiger partial charge in [0.2, 0.25) is 5.91 Å². The zero-order valence-corrected chi connectivity index (χ0v) is 16.9. The van der Waals surface area contributed by atoms with Crippen LogP contribution in [0.3, 0.4) is 0 Å². The predicted molar refractivity (Wildman–Crippen MR) is 103 cm³/mol. The number of hydrogen-bond donors (Lipinski definition) is 2. The van der Waals surface area contributed by atoms with Crippen molar-refractivity contribution in [1.29, 1.82) is 0 Å². The summed E-state index contributed by atoms with van der Waals surface area (Å²) in [6.45, 7) is 10.2. The van der Waals surface area contributed by atoms with Gasteiger partial charge in [0, 0.05) is 32.8 Å². The molecule has 0 aromatic carbocycles. The number of nitrogens with one attached hydrogen (secondary N) is 2. The molecule has 2 saturated heterocycles. The Hall–Kier alpha value is -0.0700. The first-order valence-corrected chi connectivity index (χ1v) is 8.79. The number of methoxy groups -OCH3 is 1. The average molecular weight is 384 g/mol. The molecule has 0 saturated carbocycles. The lowest BCUT2D eigenvalue weighted by molar-refractivity contribution is -0.137. The summed E-state index contributed by atoms with van der Waals surface area (Å²) in [4.78, 5) is 15.3. The number of likely N-dealkylation sites (tertiary alicyclic amines) is 1. The monoisotopic (exact) mass is 383 g/mol. The van der Waals surface area contributed by atoms with Crippen molar-refractivity contribution < 1.29 is 9.53 Å². The minimum Gasteiger partial charge on any atom is -0.384 e. The van der Waals surface area contributed by atoms with Crippen molar-refractivity contribution in [2.75, 3.05) is 46.4 Å². The molecule has 2 aliphatic rings. The van der Waals surface area contributed by atoms with E-state index in [1.807, 2.05) is 0 Å². The largest absolute Gasteiger partial charge is 0.384 e. The molecule has 0 unspecified atom stereocenters. The van der Waals surface area contributed by atoms with E-state index in [2.05, 4.69) is 29.4 Å². The van der Waals surface area contributed by atoms with Crippen molar-refractivity contribution >= 4 is 30.7 Å². The van der Waals surface area contributed by atoms with Crippen LogP contribution in [-0.4, -0.2) is 63.3 Å². The molecule has 7 heteroatoms. The van der Waals surface area contributed by atoms with Crippen LogP contribution >= 0.6 is 24.8 Å². The van der Waals surface area contributed by atoms with E-state index < -0.39 is 0 Å². The van der Waals surface area contributed by atoms with Crippen molar-refractivity contribution in [2.24, 2.45) is 11.3 Å². The van der Waals surface area contributed by atoms with E-state index in [0.29, 0.717) is 18.6 Å². The standard InChI is InChI=1S/C17H33N3O2.2ClH/c1-14(2)12-20-10-4-15(5-11-20)19-16(21)17(13-22-3)6-8-18-9-7-17;;/h14-15,18H,4-13H2,1-3H3,(H,19,21);2*1H. The number of piperidine rings is 2. The lowest BCUT2D eigenvalue weighted by Crippen LogP contribution is -2.54. The maximum atomic E-state index is 12.8. The van der Waals surface area contributed by atoms with Crippen LogP contribution in [0.1, 0.15) is 39.5 Å². The summed E-state index contributed by atoms with van der Waals surface area (Å²) in [5.41, 5.74) is -0.324. The summed E-state index contributed by atoms with van der Waals surface area (Å²) in [5.74, 6) is 0.920. The molecule has 2 N–H and O–H groups in total. The molecule has 0 aromatic heterocycles. The first-order valence-electron chi connectivity index (χ1n) is 8.79. The van der Waals surface area contributed by atoms with Crippen LogP contribution in [0, 0.1) is 11.3 Å². The van der Waals surface area contributed by atoms with Crippen LogP contribution in [0.15, 0.2) is 0 Å². The van der Waals surface area contributed by atoms with Gasteiger partial charge in [0.05, 0.1) is 12.0 Å². The van der Waals surface area contributed by atoms with Gasteiger partial charge in [-0.15, -0.1) is 24.8 Å². The van der Waals surface area contributed by atoms with Gasteiger partial charge in [-0.05, 0) is 44.7 Å². The van der Waals surface area contributed by atoms with Crippen molar-refractivity contribution in [3.8, 4) is 0 Å². The third-order valence-electron chi connectivity index (χ3n) is 5.01. The van der Waals surface area contributed by atoms with Crippen LogP contribution < -0.4 is 10.6 Å². The second-order valence-corrected chi connectivity index (χ2v) is 7.41. The van der Waals surface area contributed by atoms with E-state index in [9.17, 15) is 4.79 Å². The third-order valence-corrected chi connectivity index (χ3v) is 5.01. The normalized spacial score (nSPS) is 21.7. The minimum absolute atomic E-state index is 0. The number of nitrogens with zero attached hydrogens (tertiary/aromatic N) is 1. The smallest absolute Gasteiger partial charge is 0.228 e. The molecule has 0 bridgehead atoms. The zero-order chi connectivity index (χ0) is 16.0. The molecule has 2 rings (SSSR count). The summed E-state index contributed by atoms with van der Waals surface area (Å²) in [6.07, 6.45) is 3.89. The van der Waals surface area contributed by atoms with E-state index >= 15 is 0 Å². The molecule has 24 heavy (non-hydrogen) atoms. The number of rotatable bonds is 6. The van der Waals surface area contributed by atoms with E-state index in [1.165, 1.54) is 6.54 Å². The number of ether oxygens (including phenoxy) is 1. The molecule has 5 nitrogen and oxygen atoms in total. The quantitative estimate of drug-likeness (QED) is 0.736. The maximum absolute atomic E-state index is 12.8. The summed E-state index contributed by atoms with van der Waals surface area (Å²) in [7, 11) is 1.70. The highest BCUT2D eigenvalue weighted by Gasteiger charge is 2.40. The highest BCUT2D eigenvalue weighted by molar-refractivity contribution is 5.85. The zero-order valence-electron chi connectivity index (χ0n) is 15.3. The molecule has 0 aromatic rings. The molecule has 2 fully saturated rings. The van der Waals surface area contributed by atoms with Crippen molar-refractivity contribution in [1.82, 2.24) is 15.5 Å². The molecule has 0 radical (unpaired) electrons. The van der Waals surface area contributed by atoms with Gasteiger partial charge in [0.15, 0.2) is 0 Å². The molecular formula is C17H35Cl2N3O2. The van der Waals surface area contributed by atoms with Gasteiger partial charge in [0.1, 0.15) is 0 Å². The lowest BCUT2D eigenvalue weighted by atomic mass is 9.78. The second kappa shape index (κ2) is 11.5. The van der Waals surface area contributed by atoms with Gasteiger partial charge >= 0.3 is 0 Å². The molecule has 1 amide bonds. The van der Waals surface area contributed by atoms with Crippen molar-refractivity contribution in [3.63, 3.8) is 0 Å². The van der Waals surface area contributed by atoms with E-state index in [1.54, 1.807) is 7.11 Å². The number of hydrogen-bond acceptors (Lipinski definition) is 4. The summed E-state index contributed by atoms with van der Waals surface area (Å²) in [6, 6.07) is 0.333. The fourth-order valence-corrected chi connectivity index (χ4v) is 3.73. The molecule has 2 heterocycles. The average Bonchev–Trinajstić information content (AvgIpc) is 2.50. The SMILES string of the molecule is COCC1(C(=O)NC2CCN(CC(C)C)CC2)CCNCC1.Cl.Cl. The highest BCUT2D eigenvalue weighted by Crippen LogP contribution is 2.30. The van der Waals surface area contributed by atoms with E-state index in [-0.39, 0.29) is 36.1 Å². The van der Waals surface area contributed by atoms with Crippen LogP contribution in [-0.2, 0) is 9.53 Å². The summed E-state index contributed by atoms with van der Waals surface area (Å²) < 4.78 is 5.36. The Morgan fingerprint density at radius 2 is 1.83 bits per heavy atom. The molecule has 0 atom stereocenters. The molecule has 2 aliphatic heterocycles. The van der Waals surface area contributed by atoms with Gasteiger partial charge in [0.25, 0.3) is 0 Å². The Balaban J connectivity index is 0.00000264. The molecular weight excluding hydrogens is 349 g/mol. The topological polar surface area (TPSA) is 53.6 Å². The van der Waals surface area contributed by atoms with Crippen molar-refractivity contribution in [3.05, 3.63) is 0 Å². The Labute approximate surface area is 159 Å². The summed E-state index contributed by atoms with van der Waals surface area (Å²) >= 11 is 0. The van der Waals surface area contributed by atoms with Gasteiger partial charge in [-0.3, -0.25) is 4.79 Å². The lowest BCUT2D eigenvalue weighted by Gasteiger charge is -2.39. The van der Waals surface area contributed by atoms with Gasteiger partial charge in [-0.2, -0.15) is 0 Å². The van der Waals surface area contributed by atoms with Gasteiger partial charge in [-0.1, -0.05) is 13.8 Å². The Morgan fingerprint density at radius 1 is 1.25 bits per heavy atom. The maximum Gasteiger partial charge on any atom is 0.228 e. The molecule has 0 spiro atoms. The van der Waals surface area contributed by atoms with Gasteiger partial charge < -0.3 is 20.3 Å². The molecule has 0 aliphatic carbocycles. The highest BCUT2D eigenvalue weighted by atomic mass is 35.5. The molecule has 144 valence electrons. The van der Waals surface area contributed by atoms with Crippen LogP contribution in [0.4, 0.5) is 0 Å².